The van der Waals surface area contributed by atoms with Crippen LogP contribution in [0.5, 0.6) is 5.75 Å². The molecule has 0 saturated carbocycles. The first-order valence-corrected chi connectivity index (χ1v) is 10.7. The molecule has 1 N–H and O–H groups in total. The average molecular weight is 402 g/mol. The third-order valence-corrected chi connectivity index (χ3v) is 5.95. The van der Waals surface area contributed by atoms with E-state index >= 15 is 0 Å². The molecule has 1 aliphatic heterocycles. The van der Waals surface area contributed by atoms with E-state index in [-0.39, 0.29) is 0 Å². The number of nitrogens with one attached hydrogen (secondary N) is 1. The van der Waals surface area contributed by atoms with Gasteiger partial charge in [0.15, 0.2) is 0 Å². The van der Waals surface area contributed by atoms with Crippen molar-refractivity contribution >= 4 is 10.9 Å². The van der Waals surface area contributed by atoms with Crippen LogP contribution in [0.4, 0.5) is 0 Å². The van der Waals surface area contributed by atoms with E-state index in [0.29, 0.717) is 12.5 Å². The standard InChI is InChI=1S/C24H27N5O/c1-2-6-19(7-3-1)18-30-23-9-4-8-22-24(23)21(16-25-22)20-10-15-28(17-20)13-5-14-29-26-11-12-27-29/h1-4,6-9,11-12,16,20,25H,5,10,13-15,17-18H2/t20-/m1/s1. The van der Waals surface area contributed by atoms with Gasteiger partial charge >= 0.3 is 0 Å². The van der Waals surface area contributed by atoms with Crippen LogP contribution in [0.3, 0.4) is 0 Å². The Kier molecular flexibility index (Phi) is 5.48. The first-order valence-electron chi connectivity index (χ1n) is 10.7. The Hall–Kier alpha value is -3.12. The summed E-state index contributed by atoms with van der Waals surface area (Å²) in [6.45, 7) is 4.77. The third kappa shape index (κ3) is 4.09. The number of aryl methyl sites for hydroxylation is 1. The molecule has 0 radical (unpaired) electrons. The molecule has 1 fully saturated rings. The maximum absolute atomic E-state index is 6.25. The number of ether oxygens (including phenoxy) is 1. The number of hydrogen-bond donors (Lipinski definition) is 1. The summed E-state index contributed by atoms with van der Waals surface area (Å²) in [4.78, 5) is 7.79. The lowest BCUT2D eigenvalue weighted by Crippen LogP contribution is -2.23. The molecule has 3 heterocycles. The normalized spacial score (nSPS) is 17.0. The number of likely N-dealkylation sites (tertiary alicyclic amines) is 1. The molecule has 0 bridgehead atoms. The Balaban J connectivity index is 1.26. The molecule has 1 aliphatic rings. The summed E-state index contributed by atoms with van der Waals surface area (Å²) in [5.74, 6) is 1.50. The maximum Gasteiger partial charge on any atom is 0.129 e. The molecule has 0 amide bonds. The molecule has 4 aromatic rings. The number of aromatic amines is 1. The Morgan fingerprint density at radius 2 is 1.87 bits per heavy atom. The van der Waals surface area contributed by atoms with Crippen LogP contribution in [0, 0.1) is 0 Å². The molecule has 1 saturated heterocycles. The van der Waals surface area contributed by atoms with Crippen molar-refractivity contribution in [3.63, 3.8) is 0 Å². The van der Waals surface area contributed by atoms with Gasteiger partial charge in [-0.2, -0.15) is 15.0 Å². The number of nitrogens with zero attached hydrogens (tertiary/aromatic N) is 4. The van der Waals surface area contributed by atoms with Crippen LogP contribution in [0.2, 0.25) is 0 Å². The fourth-order valence-electron chi connectivity index (χ4n) is 4.44. The second-order valence-corrected chi connectivity index (χ2v) is 7.96. The van der Waals surface area contributed by atoms with Gasteiger partial charge in [-0.25, -0.2) is 0 Å². The van der Waals surface area contributed by atoms with Gasteiger partial charge in [-0.3, -0.25) is 0 Å². The Bertz CT molecular complexity index is 1070. The summed E-state index contributed by atoms with van der Waals surface area (Å²) in [6, 6.07) is 16.6. The molecule has 0 unspecified atom stereocenters. The first kappa shape index (κ1) is 18.9. The summed E-state index contributed by atoms with van der Waals surface area (Å²) in [6.07, 6.45) is 7.91. The quantitative estimate of drug-likeness (QED) is 0.480. The van der Waals surface area contributed by atoms with Crippen molar-refractivity contribution in [2.75, 3.05) is 19.6 Å². The lowest BCUT2D eigenvalue weighted by atomic mass is 9.97. The lowest BCUT2D eigenvalue weighted by Gasteiger charge is -2.16. The SMILES string of the molecule is c1ccc(COc2cccc3[nH]cc([C@@H]4CCN(CCCn5nccn5)C4)c23)cc1. The number of rotatable bonds is 8. The van der Waals surface area contributed by atoms with Gasteiger partial charge in [-0.1, -0.05) is 36.4 Å². The van der Waals surface area contributed by atoms with E-state index in [9.17, 15) is 0 Å². The van der Waals surface area contributed by atoms with E-state index in [2.05, 4.69) is 68.7 Å². The number of benzene rings is 2. The van der Waals surface area contributed by atoms with E-state index in [1.54, 1.807) is 17.2 Å². The van der Waals surface area contributed by atoms with Crippen molar-refractivity contribution < 1.29 is 4.74 Å². The molecular formula is C24H27N5O. The third-order valence-electron chi connectivity index (χ3n) is 5.95. The minimum Gasteiger partial charge on any atom is -0.488 e. The Morgan fingerprint density at radius 3 is 2.73 bits per heavy atom. The minimum atomic E-state index is 0.531. The topological polar surface area (TPSA) is 59.0 Å². The van der Waals surface area contributed by atoms with E-state index in [4.69, 9.17) is 4.74 Å². The zero-order chi connectivity index (χ0) is 20.2. The molecule has 6 nitrogen and oxygen atoms in total. The minimum absolute atomic E-state index is 0.531. The summed E-state index contributed by atoms with van der Waals surface area (Å²) in [5.41, 5.74) is 3.72. The Labute approximate surface area is 176 Å². The van der Waals surface area contributed by atoms with Gasteiger partial charge < -0.3 is 14.6 Å². The predicted octanol–water partition coefficient (Wildman–Crippen LogP) is 4.22. The van der Waals surface area contributed by atoms with Crippen molar-refractivity contribution in [2.24, 2.45) is 0 Å². The van der Waals surface area contributed by atoms with Crippen LogP contribution in [0.15, 0.2) is 67.1 Å². The molecule has 0 spiro atoms. The first-order chi connectivity index (χ1) is 14.9. The molecule has 154 valence electrons. The van der Waals surface area contributed by atoms with Crippen LogP contribution >= 0.6 is 0 Å². The zero-order valence-electron chi connectivity index (χ0n) is 17.1. The summed E-state index contributed by atoms with van der Waals surface area (Å²) in [5, 5.41) is 9.61. The van der Waals surface area contributed by atoms with Gasteiger partial charge in [-0.05, 0) is 49.2 Å². The zero-order valence-corrected chi connectivity index (χ0v) is 17.1. The highest BCUT2D eigenvalue weighted by Crippen LogP contribution is 2.37. The van der Waals surface area contributed by atoms with E-state index < -0.39 is 0 Å². The second kappa shape index (κ2) is 8.71. The smallest absolute Gasteiger partial charge is 0.129 e. The van der Waals surface area contributed by atoms with Crippen molar-refractivity contribution in [1.82, 2.24) is 24.9 Å². The highest BCUT2D eigenvalue weighted by molar-refractivity contribution is 5.89. The van der Waals surface area contributed by atoms with Gasteiger partial charge in [-0.15, -0.1) is 0 Å². The van der Waals surface area contributed by atoms with Gasteiger partial charge in [0.05, 0.1) is 18.9 Å². The van der Waals surface area contributed by atoms with Crippen LogP contribution in [-0.4, -0.2) is 44.5 Å². The fourth-order valence-corrected chi connectivity index (χ4v) is 4.44. The van der Waals surface area contributed by atoms with Crippen molar-refractivity contribution in [2.45, 2.75) is 31.9 Å². The van der Waals surface area contributed by atoms with E-state index in [1.165, 1.54) is 22.9 Å². The van der Waals surface area contributed by atoms with Gasteiger partial charge in [0.2, 0.25) is 0 Å². The highest BCUT2D eigenvalue weighted by Gasteiger charge is 2.26. The Morgan fingerprint density at radius 1 is 1.00 bits per heavy atom. The molecule has 0 aliphatic carbocycles. The van der Waals surface area contributed by atoms with Gasteiger partial charge in [0.25, 0.3) is 0 Å². The predicted molar refractivity (Wildman–Crippen MR) is 118 cm³/mol. The van der Waals surface area contributed by atoms with Crippen LogP contribution < -0.4 is 4.74 Å². The van der Waals surface area contributed by atoms with Crippen molar-refractivity contribution in [1.29, 1.82) is 0 Å². The van der Waals surface area contributed by atoms with E-state index in [0.717, 1.165) is 43.9 Å². The summed E-state index contributed by atoms with van der Waals surface area (Å²) >= 11 is 0. The van der Waals surface area contributed by atoms with Gasteiger partial charge in [0.1, 0.15) is 12.4 Å². The molecule has 2 aromatic carbocycles. The summed E-state index contributed by atoms with van der Waals surface area (Å²) < 4.78 is 6.25. The number of H-pyrrole nitrogens is 1. The van der Waals surface area contributed by atoms with Crippen LogP contribution in [0.25, 0.3) is 10.9 Å². The second-order valence-electron chi connectivity index (χ2n) is 7.96. The van der Waals surface area contributed by atoms with Gasteiger partial charge in [0, 0.05) is 29.6 Å². The number of hydrogen-bond acceptors (Lipinski definition) is 4. The average Bonchev–Trinajstić information content (AvgIpc) is 3.54. The van der Waals surface area contributed by atoms with E-state index in [1.807, 2.05) is 6.07 Å². The monoisotopic (exact) mass is 401 g/mol. The maximum atomic E-state index is 6.25. The molecule has 6 heteroatoms. The highest BCUT2D eigenvalue weighted by atomic mass is 16.5. The van der Waals surface area contributed by atoms with Crippen LogP contribution in [0.1, 0.15) is 29.9 Å². The largest absolute Gasteiger partial charge is 0.488 e. The van der Waals surface area contributed by atoms with Crippen LogP contribution in [-0.2, 0) is 13.2 Å². The fraction of sp³-hybridized carbons (Fsp3) is 0.333. The van der Waals surface area contributed by atoms with Crippen molar-refractivity contribution in [3.8, 4) is 5.75 Å². The molecule has 30 heavy (non-hydrogen) atoms. The molecule has 5 rings (SSSR count). The molecule has 2 aromatic heterocycles. The van der Waals surface area contributed by atoms with Crippen molar-refractivity contribution in [3.05, 3.63) is 78.2 Å². The molecule has 1 atom stereocenters. The number of fused-ring (bicyclic) bond motifs is 1. The molecular weight excluding hydrogens is 374 g/mol. The summed E-state index contributed by atoms with van der Waals surface area (Å²) in [7, 11) is 0. The lowest BCUT2D eigenvalue weighted by molar-refractivity contribution is 0.309. The number of aromatic nitrogens is 4.